The molecule has 0 aliphatic carbocycles. The molecule has 1 heteroatoms. The van der Waals surface area contributed by atoms with Crippen LogP contribution in [0.2, 0.25) is 0 Å². The number of rotatable bonds is 3. The van der Waals surface area contributed by atoms with Gasteiger partial charge in [-0.15, -0.1) is 0 Å². The van der Waals surface area contributed by atoms with E-state index in [9.17, 15) is 0 Å². The molecule has 1 rings (SSSR count). The smallest absolute Gasteiger partial charge is 0.0915 e. The predicted octanol–water partition coefficient (Wildman–Crippen LogP) is 3.64. The van der Waals surface area contributed by atoms with E-state index in [-0.39, 0.29) is 0 Å². The molecule has 0 radical (unpaired) electrons. The summed E-state index contributed by atoms with van der Waals surface area (Å²) < 4.78 is 0. The second-order valence-corrected chi connectivity index (χ2v) is 3.76. The maximum Gasteiger partial charge on any atom is 0.0915 e. The summed E-state index contributed by atoms with van der Waals surface area (Å²) in [5.41, 5.74) is 2.28. The first kappa shape index (κ1) is 10.5. The lowest BCUT2D eigenvalue weighted by Crippen LogP contribution is -1.91. The number of allylic oxidation sites excluding steroid dienone is 2. The normalized spacial score (nSPS) is 11.4. The first-order chi connectivity index (χ1) is 6.74. The quantitative estimate of drug-likeness (QED) is 0.659. The number of nitriles is 1. The van der Waals surface area contributed by atoms with Crippen LogP contribution >= 0.6 is 0 Å². The molecule has 0 fully saturated rings. The Labute approximate surface area is 85.7 Å². The second kappa shape index (κ2) is 5.24. The Bertz CT molecular complexity index is 341. The highest BCUT2D eigenvalue weighted by Crippen LogP contribution is 2.21. The van der Waals surface area contributed by atoms with Crippen LogP contribution in [-0.4, -0.2) is 0 Å². The Hall–Kier alpha value is -1.55. The molecule has 0 aromatic heterocycles. The zero-order chi connectivity index (χ0) is 10.4. The average Bonchev–Trinajstić information content (AvgIpc) is 2.18. The van der Waals surface area contributed by atoms with Crippen LogP contribution in [0.5, 0.6) is 0 Å². The monoisotopic (exact) mass is 185 g/mol. The van der Waals surface area contributed by atoms with Gasteiger partial charge in [0.2, 0.25) is 0 Å². The van der Waals surface area contributed by atoms with E-state index >= 15 is 0 Å². The highest BCUT2D eigenvalue weighted by atomic mass is 14.2. The fourth-order valence-corrected chi connectivity index (χ4v) is 1.43. The first-order valence-electron chi connectivity index (χ1n) is 4.88. The van der Waals surface area contributed by atoms with Gasteiger partial charge in [-0.1, -0.05) is 44.2 Å². The highest BCUT2D eigenvalue weighted by Gasteiger charge is 2.03. The maximum atomic E-state index is 8.68. The van der Waals surface area contributed by atoms with Crippen molar-refractivity contribution in [3.05, 3.63) is 42.0 Å². The molecule has 0 unspecified atom stereocenters. The Morgan fingerprint density at radius 2 is 2.00 bits per heavy atom. The van der Waals surface area contributed by atoms with Crippen molar-refractivity contribution in [1.82, 2.24) is 0 Å². The second-order valence-electron chi connectivity index (χ2n) is 3.76. The van der Waals surface area contributed by atoms with E-state index in [1.807, 2.05) is 30.3 Å². The molecular formula is C13H15N. The fraction of sp³-hybridized carbons (Fsp3) is 0.308. The Morgan fingerprint density at radius 1 is 1.36 bits per heavy atom. The molecule has 0 amide bonds. The van der Waals surface area contributed by atoms with Gasteiger partial charge in [0.05, 0.1) is 6.07 Å². The molecule has 1 nitrogen and oxygen atoms in total. The Morgan fingerprint density at radius 3 is 2.50 bits per heavy atom. The van der Waals surface area contributed by atoms with Gasteiger partial charge in [-0.25, -0.2) is 0 Å². The molecule has 0 saturated carbocycles. The molecule has 0 aliphatic rings. The third-order valence-electron chi connectivity index (χ3n) is 2.01. The van der Waals surface area contributed by atoms with Crippen molar-refractivity contribution in [3.8, 4) is 6.07 Å². The van der Waals surface area contributed by atoms with Gasteiger partial charge in [0, 0.05) is 6.08 Å². The zero-order valence-electron chi connectivity index (χ0n) is 8.70. The minimum Gasteiger partial charge on any atom is -0.193 e. The lowest BCUT2D eigenvalue weighted by atomic mass is 9.96. The van der Waals surface area contributed by atoms with Gasteiger partial charge in [0.25, 0.3) is 0 Å². The van der Waals surface area contributed by atoms with Crippen LogP contribution in [-0.2, 0) is 0 Å². The van der Waals surface area contributed by atoms with E-state index in [0.29, 0.717) is 5.92 Å². The molecule has 1 aromatic rings. The molecular weight excluding hydrogens is 170 g/mol. The van der Waals surface area contributed by atoms with E-state index in [1.165, 1.54) is 0 Å². The molecule has 0 aliphatic heterocycles. The van der Waals surface area contributed by atoms with Crippen molar-refractivity contribution >= 4 is 5.57 Å². The lowest BCUT2D eigenvalue weighted by Gasteiger charge is -2.08. The number of hydrogen-bond acceptors (Lipinski definition) is 1. The standard InChI is InChI=1S/C13H15N/c1-11(2)10-13(8-9-14)12-6-4-3-5-7-12/h3-8,11H,10H2,1-2H3/b13-8+. The largest absolute Gasteiger partial charge is 0.193 e. The van der Waals surface area contributed by atoms with Gasteiger partial charge >= 0.3 is 0 Å². The SMILES string of the molecule is CC(C)C/C(=C\C#N)c1ccccc1. The van der Waals surface area contributed by atoms with Crippen LogP contribution < -0.4 is 0 Å². The molecule has 1 aromatic carbocycles. The summed E-state index contributed by atoms with van der Waals surface area (Å²) in [6.45, 7) is 4.32. The van der Waals surface area contributed by atoms with Crippen LogP contribution in [0.1, 0.15) is 25.8 Å². The summed E-state index contributed by atoms with van der Waals surface area (Å²) in [5, 5.41) is 8.68. The average molecular weight is 185 g/mol. The molecule has 0 N–H and O–H groups in total. The van der Waals surface area contributed by atoms with Crippen molar-refractivity contribution in [2.24, 2.45) is 5.92 Å². The summed E-state index contributed by atoms with van der Waals surface area (Å²) in [7, 11) is 0. The van der Waals surface area contributed by atoms with Crippen LogP contribution in [0.3, 0.4) is 0 Å². The van der Waals surface area contributed by atoms with Gasteiger partial charge < -0.3 is 0 Å². The summed E-state index contributed by atoms with van der Waals surface area (Å²) in [6.07, 6.45) is 2.60. The van der Waals surface area contributed by atoms with Crippen molar-refractivity contribution in [2.45, 2.75) is 20.3 Å². The van der Waals surface area contributed by atoms with Gasteiger partial charge in [-0.2, -0.15) is 5.26 Å². The number of nitrogens with zero attached hydrogens (tertiary/aromatic N) is 1. The van der Waals surface area contributed by atoms with Crippen molar-refractivity contribution in [3.63, 3.8) is 0 Å². The molecule has 0 heterocycles. The minimum atomic E-state index is 0.579. The van der Waals surface area contributed by atoms with E-state index in [4.69, 9.17) is 5.26 Å². The van der Waals surface area contributed by atoms with E-state index in [1.54, 1.807) is 6.08 Å². The van der Waals surface area contributed by atoms with Crippen molar-refractivity contribution in [1.29, 1.82) is 5.26 Å². The molecule has 0 saturated heterocycles. The van der Waals surface area contributed by atoms with Crippen LogP contribution in [0.15, 0.2) is 36.4 Å². The summed E-state index contributed by atoms with van der Waals surface area (Å²) >= 11 is 0. The third kappa shape index (κ3) is 3.06. The Balaban J connectivity index is 2.91. The van der Waals surface area contributed by atoms with Crippen molar-refractivity contribution < 1.29 is 0 Å². The van der Waals surface area contributed by atoms with Crippen LogP contribution in [0, 0.1) is 17.2 Å². The summed E-state index contributed by atoms with van der Waals surface area (Å²) in [6, 6.07) is 12.2. The van der Waals surface area contributed by atoms with Gasteiger partial charge in [-0.05, 0) is 23.5 Å². The molecule has 72 valence electrons. The third-order valence-corrected chi connectivity index (χ3v) is 2.01. The van der Waals surface area contributed by atoms with Crippen molar-refractivity contribution in [2.75, 3.05) is 0 Å². The molecule has 14 heavy (non-hydrogen) atoms. The van der Waals surface area contributed by atoms with Crippen LogP contribution in [0.4, 0.5) is 0 Å². The van der Waals surface area contributed by atoms with Gasteiger partial charge in [-0.3, -0.25) is 0 Å². The fourth-order valence-electron chi connectivity index (χ4n) is 1.43. The summed E-state index contributed by atoms with van der Waals surface area (Å²) in [4.78, 5) is 0. The zero-order valence-corrected chi connectivity index (χ0v) is 8.70. The van der Waals surface area contributed by atoms with Gasteiger partial charge in [0.1, 0.15) is 0 Å². The van der Waals surface area contributed by atoms with Crippen LogP contribution in [0.25, 0.3) is 5.57 Å². The topological polar surface area (TPSA) is 23.8 Å². The first-order valence-corrected chi connectivity index (χ1v) is 4.88. The molecule has 0 bridgehead atoms. The minimum absolute atomic E-state index is 0.579. The van der Waals surface area contributed by atoms with E-state index in [2.05, 4.69) is 19.9 Å². The summed E-state index contributed by atoms with van der Waals surface area (Å²) in [5.74, 6) is 0.579. The van der Waals surface area contributed by atoms with Gasteiger partial charge in [0.15, 0.2) is 0 Å². The lowest BCUT2D eigenvalue weighted by molar-refractivity contribution is 0.673. The number of benzene rings is 1. The Kier molecular flexibility index (Phi) is 3.94. The number of hydrogen-bond donors (Lipinski definition) is 0. The maximum absolute atomic E-state index is 8.68. The van der Waals surface area contributed by atoms with E-state index < -0.39 is 0 Å². The highest BCUT2D eigenvalue weighted by molar-refractivity contribution is 5.67. The molecule has 0 spiro atoms. The van der Waals surface area contributed by atoms with E-state index in [0.717, 1.165) is 17.6 Å². The predicted molar refractivity (Wildman–Crippen MR) is 59.5 cm³/mol. The molecule has 0 atom stereocenters.